The Morgan fingerprint density at radius 3 is 2.92 bits per heavy atom. The van der Waals surface area contributed by atoms with Crippen LogP contribution in [0.25, 0.3) is 0 Å². The quantitative estimate of drug-likeness (QED) is 0.931. The van der Waals surface area contributed by atoms with E-state index >= 15 is 0 Å². The highest BCUT2D eigenvalue weighted by atomic mass is 19.2. The lowest BCUT2D eigenvalue weighted by atomic mass is 9.91. The van der Waals surface area contributed by atoms with E-state index in [0.717, 1.165) is 11.6 Å². The van der Waals surface area contributed by atoms with Crippen molar-refractivity contribution < 1.29 is 23.4 Å². The van der Waals surface area contributed by atoms with Crippen LogP contribution in [0.15, 0.2) is 30.5 Å². The molecule has 1 atom stereocenters. The maximum absolute atomic E-state index is 14.0. The monoisotopic (exact) mass is 334 g/mol. The minimum atomic E-state index is -1.11. The fraction of sp³-hybridized carbons (Fsp3) is 0.294. The highest BCUT2D eigenvalue weighted by Gasteiger charge is 2.35. The van der Waals surface area contributed by atoms with E-state index in [1.54, 1.807) is 23.2 Å². The topological polar surface area (TPSA) is 62.7 Å². The summed E-state index contributed by atoms with van der Waals surface area (Å²) in [6.45, 7) is 0.578. The predicted octanol–water partition coefficient (Wildman–Crippen LogP) is 2.55. The Morgan fingerprint density at radius 1 is 1.42 bits per heavy atom. The molecule has 0 fully saturated rings. The molecule has 2 heterocycles. The number of nitrogens with zero attached hydrogens (tertiary/aromatic N) is 2. The fourth-order valence-electron chi connectivity index (χ4n) is 3.11. The average molecular weight is 334 g/mol. The summed E-state index contributed by atoms with van der Waals surface area (Å²) in [5, 5.41) is 9.62. The maximum Gasteiger partial charge on any atom is 0.325 e. The van der Waals surface area contributed by atoms with Crippen molar-refractivity contribution >= 4 is 5.97 Å². The van der Waals surface area contributed by atoms with E-state index in [9.17, 15) is 18.7 Å². The number of fused-ring (bicyclic) bond motifs is 1. The second-order valence-corrected chi connectivity index (χ2v) is 5.56. The summed E-state index contributed by atoms with van der Waals surface area (Å²) in [6, 6.07) is 4.80. The Hall–Kier alpha value is -2.54. The molecule has 24 heavy (non-hydrogen) atoms. The molecule has 0 saturated heterocycles. The normalized spacial score (nSPS) is 17.4. The SMILES string of the molecule is COc1ncccc1CN1CCc2c(ccc(F)c2F)C1C(=O)O. The van der Waals surface area contributed by atoms with Gasteiger partial charge in [-0.15, -0.1) is 0 Å². The Morgan fingerprint density at radius 2 is 2.21 bits per heavy atom. The Labute approximate surface area is 137 Å². The number of ether oxygens (including phenoxy) is 1. The van der Waals surface area contributed by atoms with E-state index in [2.05, 4.69) is 4.98 Å². The van der Waals surface area contributed by atoms with Crippen LogP contribution in [-0.4, -0.2) is 34.6 Å². The molecule has 0 spiro atoms. The molecular weight excluding hydrogens is 318 g/mol. The number of hydrogen-bond donors (Lipinski definition) is 1. The van der Waals surface area contributed by atoms with E-state index < -0.39 is 23.6 Å². The second kappa shape index (κ2) is 6.52. The summed E-state index contributed by atoms with van der Waals surface area (Å²) < 4.78 is 32.6. The van der Waals surface area contributed by atoms with Crippen molar-refractivity contribution in [3.63, 3.8) is 0 Å². The van der Waals surface area contributed by atoms with Crippen molar-refractivity contribution in [3.8, 4) is 5.88 Å². The molecule has 1 aliphatic heterocycles. The average Bonchev–Trinajstić information content (AvgIpc) is 2.58. The van der Waals surface area contributed by atoms with Crippen LogP contribution in [0.3, 0.4) is 0 Å². The number of pyridine rings is 1. The summed E-state index contributed by atoms with van der Waals surface area (Å²) >= 11 is 0. The third kappa shape index (κ3) is 2.82. The summed E-state index contributed by atoms with van der Waals surface area (Å²) in [6.07, 6.45) is 1.83. The first-order valence-electron chi connectivity index (χ1n) is 7.44. The zero-order valence-electron chi connectivity index (χ0n) is 13.0. The number of methoxy groups -OCH3 is 1. The first-order valence-corrected chi connectivity index (χ1v) is 7.44. The van der Waals surface area contributed by atoms with E-state index in [0.29, 0.717) is 12.4 Å². The third-order valence-electron chi connectivity index (χ3n) is 4.19. The lowest BCUT2D eigenvalue weighted by molar-refractivity contribution is -0.144. The maximum atomic E-state index is 14.0. The molecular formula is C17H16F2N2O3. The highest BCUT2D eigenvalue weighted by Crippen LogP contribution is 2.34. The van der Waals surface area contributed by atoms with E-state index in [-0.39, 0.29) is 24.1 Å². The molecule has 0 bridgehead atoms. The molecule has 7 heteroatoms. The Bertz CT molecular complexity index is 782. The standard InChI is InChI=1S/C17H16F2N2O3/c1-24-16-10(3-2-7-20-16)9-21-8-6-11-12(15(21)17(22)23)4-5-13(18)14(11)19/h2-5,7,15H,6,8-9H2,1H3,(H,22,23). The van der Waals surface area contributed by atoms with Gasteiger partial charge in [-0.1, -0.05) is 12.1 Å². The van der Waals surface area contributed by atoms with Gasteiger partial charge in [0.05, 0.1) is 7.11 Å². The summed E-state index contributed by atoms with van der Waals surface area (Å²) in [5.74, 6) is -2.61. The smallest absolute Gasteiger partial charge is 0.325 e. The first-order chi connectivity index (χ1) is 11.5. The molecule has 1 aliphatic rings. The van der Waals surface area contributed by atoms with E-state index in [4.69, 9.17) is 4.74 Å². The number of carbonyl (C=O) groups is 1. The van der Waals surface area contributed by atoms with Crippen LogP contribution in [0.2, 0.25) is 0 Å². The van der Waals surface area contributed by atoms with Crippen LogP contribution < -0.4 is 4.74 Å². The van der Waals surface area contributed by atoms with Gasteiger partial charge in [0.1, 0.15) is 6.04 Å². The van der Waals surface area contributed by atoms with Gasteiger partial charge in [-0.05, 0) is 29.7 Å². The molecule has 1 aromatic carbocycles. The molecule has 1 aromatic heterocycles. The van der Waals surface area contributed by atoms with Crippen molar-refractivity contribution in [2.75, 3.05) is 13.7 Å². The number of benzene rings is 1. The number of rotatable bonds is 4. The molecule has 0 saturated carbocycles. The van der Waals surface area contributed by atoms with Crippen molar-refractivity contribution in [1.29, 1.82) is 0 Å². The highest BCUT2D eigenvalue weighted by molar-refractivity contribution is 5.76. The van der Waals surface area contributed by atoms with Crippen molar-refractivity contribution in [2.45, 2.75) is 19.0 Å². The van der Waals surface area contributed by atoms with Crippen molar-refractivity contribution in [3.05, 3.63) is 58.8 Å². The lowest BCUT2D eigenvalue weighted by Gasteiger charge is -2.35. The number of carboxylic acid groups (broad SMARTS) is 1. The van der Waals surface area contributed by atoms with Gasteiger partial charge >= 0.3 is 5.97 Å². The van der Waals surface area contributed by atoms with Gasteiger partial charge in [-0.2, -0.15) is 0 Å². The number of carboxylic acids is 1. The zero-order chi connectivity index (χ0) is 17.3. The third-order valence-corrected chi connectivity index (χ3v) is 4.19. The first kappa shape index (κ1) is 16.3. The van der Waals surface area contributed by atoms with Gasteiger partial charge in [0.25, 0.3) is 0 Å². The number of aromatic nitrogens is 1. The van der Waals surface area contributed by atoms with Crippen LogP contribution in [0, 0.1) is 11.6 Å². The molecule has 1 unspecified atom stereocenters. The molecule has 1 N–H and O–H groups in total. The second-order valence-electron chi connectivity index (χ2n) is 5.56. The summed E-state index contributed by atoms with van der Waals surface area (Å²) in [5.41, 5.74) is 1.16. The van der Waals surface area contributed by atoms with Crippen molar-refractivity contribution in [1.82, 2.24) is 9.88 Å². The van der Waals surface area contributed by atoms with E-state index in [1.807, 2.05) is 0 Å². The molecule has 0 aliphatic carbocycles. The number of halogens is 2. The van der Waals surface area contributed by atoms with Crippen molar-refractivity contribution in [2.24, 2.45) is 0 Å². The van der Waals surface area contributed by atoms with Crippen LogP contribution in [0.5, 0.6) is 5.88 Å². The Balaban J connectivity index is 1.97. The number of hydrogen-bond acceptors (Lipinski definition) is 4. The van der Waals surface area contributed by atoms with E-state index in [1.165, 1.54) is 13.2 Å². The summed E-state index contributed by atoms with van der Waals surface area (Å²) in [7, 11) is 1.49. The van der Waals surface area contributed by atoms with Crippen LogP contribution in [0.1, 0.15) is 22.7 Å². The molecule has 2 aromatic rings. The largest absolute Gasteiger partial charge is 0.481 e. The van der Waals surface area contributed by atoms with Crippen LogP contribution in [-0.2, 0) is 17.8 Å². The van der Waals surface area contributed by atoms with Gasteiger partial charge in [0.15, 0.2) is 11.6 Å². The molecule has 0 radical (unpaired) electrons. The van der Waals surface area contributed by atoms with Gasteiger partial charge in [-0.3, -0.25) is 9.69 Å². The van der Waals surface area contributed by atoms with Crippen LogP contribution in [0.4, 0.5) is 8.78 Å². The van der Waals surface area contributed by atoms with Gasteiger partial charge < -0.3 is 9.84 Å². The number of aliphatic carboxylic acids is 1. The molecule has 0 amide bonds. The van der Waals surface area contributed by atoms with Gasteiger partial charge in [0, 0.05) is 24.8 Å². The molecule has 3 rings (SSSR count). The fourth-order valence-corrected chi connectivity index (χ4v) is 3.11. The van der Waals surface area contributed by atoms with Crippen LogP contribution >= 0.6 is 0 Å². The lowest BCUT2D eigenvalue weighted by Crippen LogP contribution is -2.39. The molecule has 126 valence electrons. The zero-order valence-corrected chi connectivity index (χ0v) is 13.0. The summed E-state index contributed by atoms with van der Waals surface area (Å²) in [4.78, 5) is 17.6. The molecule has 5 nitrogen and oxygen atoms in total. The predicted molar refractivity (Wildman–Crippen MR) is 81.6 cm³/mol. The minimum Gasteiger partial charge on any atom is -0.481 e. The minimum absolute atomic E-state index is 0.136. The Kier molecular flexibility index (Phi) is 4.44. The van der Waals surface area contributed by atoms with Gasteiger partial charge in [0.2, 0.25) is 5.88 Å². The van der Waals surface area contributed by atoms with Gasteiger partial charge in [-0.25, -0.2) is 13.8 Å².